The first-order chi connectivity index (χ1) is 9.27. The molecule has 0 saturated heterocycles. The van der Waals surface area contributed by atoms with Crippen molar-refractivity contribution in [2.24, 2.45) is 5.92 Å². The van der Waals surface area contributed by atoms with Gasteiger partial charge in [-0.15, -0.1) is 5.10 Å². The first-order valence-electron chi connectivity index (χ1n) is 7.38. The SMILES string of the molecule is CCOC(=O)c1nnn(CCCC(C)C)c1C(C)(C)C. The smallest absolute Gasteiger partial charge is 0.360 e. The van der Waals surface area contributed by atoms with Crippen molar-refractivity contribution in [2.75, 3.05) is 6.61 Å². The number of ether oxygens (including phenoxy) is 1. The zero-order valence-electron chi connectivity index (χ0n) is 13.6. The van der Waals surface area contributed by atoms with Crippen LogP contribution < -0.4 is 0 Å². The number of hydrogen-bond donors (Lipinski definition) is 0. The van der Waals surface area contributed by atoms with E-state index in [1.807, 2.05) is 4.68 Å². The largest absolute Gasteiger partial charge is 0.461 e. The van der Waals surface area contributed by atoms with Crippen LogP contribution in [0.1, 0.15) is 70.6 Å². The standard InChI is InChI=1S/C15H27N3O2/c1-7-20-14(19)12-13(15(4,5)6)18(17-16-12)10-8-9-11(2)3/h11H,7-10H2,1-6H3. The highest BCUT2D eigenvalue weighted by Crippen LogP contribution is 2.25. The van der Waals surface area contributed by atoms with Crippen LogP contribution in [0, 0.1) is 5.92 Å². The molecule has 0 aliphatic heterocycles. The molecule has 114 valence electrons. The zero-order valence-corrected chi connectivity index (χ0v) is 13.6. The van der Waals surface area contributed by atoms with Crippen LogP contribution >= 0.6 is 0 Å². The third-order valence-corrected chi connectivity index (χ3v) is 3.07. The Kier molecular flexibility index (Phi) is 5.72. The normalized spacial score (nSPS) is 11.9. The van der Waals surface area contributed by atoms with E-state index < -0.39 is 0 Å². The Morgan fingerprint density at radius 1 is 1.35 bits per heavy atom. The molecule has 1 heterocycles. The highest BCUT2D eigenvalue weighted by atomic mass is 16.5. The lowest BCUT2D eigenvalue weighted by Gasteiger charge is -2.21. The van der Waals surface area contributed by atoms with Crippen LogP contribution in [-0.2, 0) is 16.7 Å². The number of nitrogens with zero attached hydrogens (tertiary/aromatic N) is 3. The van der Waals surface area contributed by atoms with Crippen LogP contribution in [0.15, 0.2) is 0 Å². The molecular formula is C15H27N3O2. The van der Waals surface area contributed by atoms with Gasteiger partial charge in [0.25, 0.3) is 0 Å². The summed E-state index contributed by atoms with van der Waals surface area (Å²) in [5, 5.41) is 8.19. The van der Waals surface area contributed by atoms with E-state index in [-0.39, 0.29) is 11.4 Å². The van der Waals surface area contributed by atoms with Crippen LogP contribution in [0.5, 0.6) is 0 Å². The van der Waals surface area contributed by atoms with Gasteiger partial charge in [-0.25, -0.2) is 9.48 Å². The van der Waals surface area contributed by atoms with Crippen molar-refractivity contribution in [2.45, 2.75) is 66.3 Å². The molecule has 0 bridgehead atoms. The Morgan fingerprint density at radius 3 is 2.50 bits per heavy atom. The topological polar surface area (TPSA) is 57.0 Å². The molecule has 0 aromatic carbocycles. The number of aromatic nitrogens is 3. The summed E-state index contributed by atoms with van der Waals surface area (Å²) < 4.78 is 6.92. The van der Waals surface area contributed by atoms with E-state index in [4.69, 9.17) is 4.74 Å². The van der Waals surface area contributed by atoms with Gasteiger partial charge in [0.15, 0.2) is 5.69 Å². The average molecular weight is 281 g/mol. The average Bonchev–Trinajstić information content (AvgIpc) is 2.72. The van der Waals surface area contributed by atoms with Crippen molar-refractivity contribution in [3.05, 3.63) is 11.4 Å². The maximum atomic E-state index is 12.0. The predicted octanol–water partition coefficient (Wildman–Crippen LogP) is 3.19. The predicted molar refractivity (Wildman–Crippen MR) is 78.8 cm³/mol. The number of esters is 1. The molecule has 0 spiro atoms. The maximum absolute atomic E-state index is 12.0. The summed E-state index contributed by atoms with van der Waals surface area (Å²) in [4.78, 5) is 12.0. The van der Waals surface area contributed by atoms with Gasteiger partial charge in [0.05, 0.1) is 12.3 Å². The van der Waals surface area contributed by atoms with E-state index >= 15 is 0 Å². The number of carbonyl (C=O) groups is 1. The fraction of sp³-hybridized carbons (Fsp3) is 0.800. The molecule has 0 fully saturated rings. The molecule has 0 radical (unpaired) electrons. The lowest BCUT2D eigenvalue weighted by atomic mass is 9.90. The summed E-state index contributed by atoms with van der Waals surface area (Å²) in [7, 11) is 0. The van der Waals surface area contributed by atoms with E-state index in [0.29, 0.717) is 18.2 Å². The molecule has 0 saturated carbocycles. The number of rotatable bonds is 6. The monoisotopic (exact) mass is 281 g/mol. The van der Waals surface area contributed by atoms with Crippen molar-refractivity contribution in [3.8, 4) is 0 Å². The molecule has 0 N–H and O–H groups in total. The van der Waals surface area contributed by atoms with Gasteiger partial charge in [-0.2, -0.15) is 0 Å². The van der Waals surface area contributed by atoms with Crippen molar-refractivity contribution < 1.29 is 9.53 Å². The van der Waals surface area contributed by atoms with E-state index in [1.54, 1.807) is 6.92 Å². The molecule has 20 heavy (non-hydrogen) atoms. The summed E-state index contributed by atoms with van der Waals surface area (Å²) in [6.45, 7) is 13.5. The van der Waals surface area contributed by atoms with Gasteiger partial charge < -0.3 is 4.74 Å². The van der Waals surface area contributed by atoms with Gasteiger partial charge in [-0.3, -0.25) is 0 Å². The Labute approximate surface area is 121 Å². The Bertz CT molecular complexity index is 444. The molecule has 0 atom stereocenters. The molecule has 5 nitrogen and oxygen atoms in total. The molecule has 1 aromatic rings. The molecule has 5 heteroatoms. The van der Waals surface area contributed by atoms with Gasteiger partial charge in [0.1, 0.15) is 0 Å². The lowest BCUT2D eigenvalue weighted by Crippen LogP contribution is -2.23. The van der Waals surface area contributed by atoms with E-state index in [2.05, 4.69) is 44.9 Å². The summed E-state index contributed by atoms with van der Waals surface area (Å²) in [6.07, 6.45) is 2.17. The van der Waals surface area contributed by atoms with Crippen LogP contribution in [0.4, 0.5) is 0 Å². The molecule has 0 aliphatic carbocycles. The first-order valence-corrected chi connectivity index (χ1v) is 7.38. The van der Waals surface area contributed by atoms with Crippen LogP contribution in [0.2, 0.25) is 0 Å². The quantitative estimate of drug-likeness (QED) is 0.751. The van der Waals surface area contributed by atoms with E-state index in [1.165, 1.54) is 0 Å². The fourth-order valence-electron chi connectivity index (χ4n) is 2.20. The van der Waals surface area contributed by atoms with Gasteiger partial charge in [0, 0.05) is 12.0 Å². The number of carbonyl (C=O) groups excluding carboxylic acids is 1. The highest BCUT2D eigenvalue weighted by molar-refractivity contribution is 5.88. The summed E-state index contributed by atoms with van der Waals surface area (Å²) in [5.41, 5.74) is 1.02. The number of aryl methyl sites for hydroxylation is 1. The van der Waals surface area contributed by atoms with Crippen molar-refractivity contribution in [1.29, 1.82) is 0 Å². The first kappa shape index (κ1) is 16.7. The number of hydrogen-bond acceptors (Lipinski definition) is 4. The summed E-state index contributed by atoms with van der Waals surface area (Å²) in [5.74, 6) is 0.286. The van der Waals surface area contributed by atoms with Crippen molar-refractivity contribution in [1.82, 2.24) is 15.0 Å². The molecule has 1 aromatic heterocycles. The minimum absolute atomic E-state index is 0.191. The second-order valence-electron chi connectivity index (χ2n) is 6.52. The second-order valence-corrected chi connectivity index (χ2v) is 6.52. The van der Waals surface area contributed by atoms with Gasteiger partial charge in [0.2, 0.25) is 0 Å². The van der Waals surface area contributed by atoms with Gasteiger partial charge >= 0.3 is 5.97 Å². The Hall–Kier alpha value is -1.39. The van der Waals surface area contributed by atoms with Crippen molar-refractivity contribution >= 4 is 5.97 Å². The Morgan fingerprint density at radius 2 is 2.00 bits per heavy atom. The lowest BCUT2D eigenvalue weighted by molar-refractivity contribution is 0.0516. The Balaban J connectivity index is 2.98. The van der Waals surface area contributed by atoms with E-state index in [0.717, 1.165) is 25.1 Å². The maximum Gasteiger partial charge on any atom is 0.360 e. The fourth-order valence-corrected chi connectivity index (χ4v) is 2.20. The summed E-state index contributed by atoms with van der Waals surface area (Å²) in [6, 6.07) is 0. The minimum atomic E-state index is -0.382. The third kappa shape index (κ3) is 4.32. The van der Waals surface area contributed by atoms with E-state index in [9.17, 15) is 4.79 Å². The van der Waals surface area contributed by atoms with Crippen molar-refractivity contribution in [3.63, 3.8) is 0 Å². The van der Waals surface area contributed by atoms with Gasteiger partial charge in [-0.05, 0) is 25.7 Å². The molecular weight excluding hydrogens is 254 g/mol. The third-order valence-electron chi connectivity index (χ3n) is 3.07. The molecule has 0 aliphatic rings. The molecule has 0 unspecified atom stereocenters. The second kappa shape index (κ2) is 6.86. The van der Waals surface area contributed by atoms with Crippen LogP contribution in [0.3, 0.4) is 0 Å². The minimum Gasteiger partial charge on any atom is -0.461 e. The molecule has 0 amide bonds. The summed E-state index contributed by atoms with van der Waals surface area (Å²) >= 11 is 0. The highest BCUT2D eigenvalue weighted by Gasteiger charge is 2.29. The van der Waals surface area contributed by atoms with Crippen LogP contribution in [0.25, 0.3) is 0 Å². The molecule has 1 rings (SSSR count). The zero-order chi connectivity index (χ0) is 15.3. The van der Waals surface area contributed by atoms with Gasteiger partial charge in [-0.1, -0.05) is 39.8 Å². The van der Waals surface area contributed by atoms with Crippen LogP contribution in [-0.4, -0.2) is 27.6 Å².